The van der Waals surface area contributed by atoms with Crippen LogP contribution in [-0.4, -0.2) is 21.1 Å². The fourth-order valence-corrected chi connectivity index (χ4v) is 1.93. The Labute approximate surface area is 128 Å². The quantitative estimate of drug-likeness (QED) is 0.430. The molecule has 2 heterocycles. The molecule has 0 radical (unpaired) electrons. The summed E-state index contributed by atoms with van der Waals surface area (Å²) in [7, 11) is 0. The van der Waals surface area contributed by atoms with Crippen molar-refractivity contribution < 1.29 is 4.42 Å². The Morgan fingerprint density at radius 2 is 2.05 bits per heavy atom. The van der Waals surface area contributed by atoms with Crippen molar-refractivity contribution in [3.63, 3.8) is 0 Å². The predicted octanol–water partition coefficient (Wildman–Crippen LogP) is 2.46. The van der Waals surface area contributed by atoms with E-state index in [0.29, 0.717) is 11.7 Å². The summed E-state index contributed by atoms with van der Waals surface area (Å²) >= 11 is 3.40. The van der Waals surface area contributed by atoms with Gasteiger partial charge in [0.05, 0.1) is 6.21 Å². The topological polar surface area (TPSA) is 94.3 Å². The van der Waals surface area contributed by atoms with Gasteiger partial charge in [0.2, 0.25) is 0 Å². The molecule has 0 saturated carbocycles. The number of furan rings is 1. The second-order valence-corrected chi connectivity index (χ2v) is 5.06. The number of hydrogen-bond acceptors (Lipinski definition) is 6. The molecule has 0 aliphatic heterocycles. The molecule has 0 amide bonds. The van der Waals surface area contributed by atoms with E-state index in [1.165, 1.54) is 17.2 Å². The second kappa shape index (κ2) is 5.80. The van der Waals surface area contributed by atoms with Gasteiger partial charge in [0.25, 0.3) is 5.95 Å². The fourth-order valence-electron chi connectivity index (χ4n) is 1.67. The van der Waals surface area contributed by atoms with E-state index < -0.39 is 0 Å². The molecular formula is C13H11BrN6O. The van der Waals surface area contributed by atoms with Crippen molar-refractivity contribution in [2.45, 2.75) is 0 Å². The standard InChI is InChI=1S/C13H11BrN6O/c14-10-3-1-9(2-4-10)12-6-5-11(21-12)7-16-18-13-19-17-8-20(13)15/h1-8H,15H2,(H,18,19)/b16-7+. The van der Waals surface area contributed by atoms with Gasteiger partial charge in [0, 0.05) is 10.0 Å². The van der Waals surface area contributed by atoms with Gasteiger partial charge in [-0.1, -0.05) is 28.1 Å². The van der Waals surface area contributed by atoms with Gasteiger partial charge in [-0.2, -0.15) is 5.10 Å². The van der Waals surface area contributed by atoms with Gasteiger partial charge in [0.1, 0.15) is 17.8 Å². The molecule has 1 aromatic carbocycles. The van der Waals surface area contributed by atoms with Crippen LogP contribution in [0.2, 0.25) is 0 Å². The summed E-state index contributed by atoms with van der Waals surface area (Å²) in [5.74, 6) is 7.26. The summed E-state index contributed by atoms with van der Waals surface area (Å²) in [5, 5.41) is 11.3. The molecule has 0 fully saturated rings. The largest absolute Gasteiger partial charge is 0.455 e. The first-order valence-corrected chi connectivity index (χ1v) is 6.81. The summed E-state index contributed by atoms with van der Waals surface area (Å²) < 4.78 is 7.93. The lowest BCUT2D eigenvalue weighted by molar-refractivity contribution is 0.575. The average molecular weight is 347 g/mol. The maximum absolute atomic E-state index is 5.68. The van der Waals surface area contributed by atoms with Crippen LogP contribution in [0.3, 0.4) is 0 Å². The number of benzene rings is 1. The first kappa shape index (κ1) is 13.4. The molecule has 21 heavy (non-hydrogen) atoms. The predicted molar refractivity (Wildman–Crippen MR) is 83.2 cm³/mol. The summed E-state index contributed by atoms with van der Waals surface area (Å²) in [5.41, 5.74) is 3.66. The molecule has 0 aliphatic carbocycles. The Hall–Kier alpha value is -2.61. The third-order valence-electron chi connectivity index (χ3n) is 2.68. The van der Waals surface area contributed by atoms with Gasteiger partial charge >= 0.3 is 0 Å². The van der Waals surface area contributed by atoms with Crippen LogP contribution < -0.4 is 11.3 Å². The second-order valence-electron chi connectivity index (χ2n) is 4.14. The number of rotatable bonds is 4. The Balaban J connectivity index is 1.70. The van der Waals surface area contributed by atoms with Crippen molar-refractivity contribution in [2.75, 3.05) is 11.3 Å². The highest BCUT2D eigenvalue weighted by Crippen LogP contribution is 2.23. The molecule has 106 valence electrons. The Morgan fingerprint density at radius 1 is 1.24 bits per heavy atom. The molecule has 0 atom stereocenters. The number of halogens is 1. The van der Waals surface area contributed by atoms with Gasteiger partial charge in [-0.25, -0.2) is 10.1 Å². The van der Waals surface area contributed by atoms with E-state index >= 15 is 0 Å². The Bertz CT molecular complexity index is 761. The molecule has 0 spiro atoms. The van der Waals surface area contributed by atoms with Crippen LogP contribution in [0.4, 0.5) is 5.95 Å². The van der Waals surface area contributed by atoms with Crippen molar-refractivity contribution in [1.82, 2.24) is 14.9 Å². The number of nitrogens with two attached hydrogens (primary N) is 1. The third kappa shape index (κ3) is 3.11. The minimum atomic E-state index is 0.339. The van der Waals surface area contributed by atoms with Crippen molar-refractivity contribution in [2.24, 2.45) is 5.10 Å². The first-order valence-electron chi connectivity index (χ1n) is 6.02. The normalized spacial score (nSPS) is 11.1. The molecule has 3 N–H and O–H groups in total. The fraction of sp³-hybridized carbons (Fsp3) is 0. The highest BCUT2D eigenvalue weighted by atomic mass is 79.9. The van der Waals surface area contributed by atoms with Gasteiger partial charge < -0.3 is 10.3 Å². The number of hydrogen-bond donors (Lipinski definition) is 2. The van der Waals surface area contributed by atoms with Crippen LogP contribution in [0.15, 0.2) is 56.7 Å². The molecule has 3 aromatic rings. The van der Waals surface area contributed by atoms with Crippen molar-refractivity contribution in [3.05, 3.63) is 53.0 Å². The molecule has 3 rings (SSSR count). The molecule has 0 unspecified atom stereocenters. The highest BCUT2D eigenvalue weighted by molar-refractivity contribution is 9.10. The smallest absolute Gasteiger partial charge is 0.263 e. The van der Waals surface area contributed by atoms with Gasteiger partial charge in [0.15, 0.2) is 0 Å². The monoisotopic (exact) mass is 346 g/mol. The number of nitrogens with zero attached hydrogens (tertiary/aromatic N) is 4. The third-order valence-corrected chi connectivity index (χ3v) is 3.21. The SMILES string of the molecule is Nn1cnnc1N/N=C/c1ccc(-c2ccc(Br)cc2)o1. The van der Waals surface area contributed by atoms with Gasteiger partial charge in [-0.15, -0.1) is 10.2 Å². The van der Waals surface area contributed by atoms with E-state index in [4.69, 9.17) is 10.3 Å². The molecule has 2 aromatic heterocycles. The summed E-state index contributed by atoms with van der Waals surface area (Å²) in [4.78, 5) is 0. The first-order chi connectivity index (χ1) is 10.2. The van der Waals surface area contributed by atoms with Crippen molar-refractivity contribution >= 4 is 28.1 Å². The zero-order valence-corrected chi connectivity index (χ0v) is 12.4. The molecule has 7 nitrogen and oxygen atoms in total. The van der Waals surface area contributed by atoms with E-state index in [1.807, 2.05) is 36.4 Å². The zero-order chi connectivity index (χ0) is 14.7. The molecule has 0 aliphatic rings. The highest BCUT2D eigenvalue weighted by Gasteiger charge is 2.03. The van der Waals surface area contributed by atoms with E-state index in [1.54, 1.807) is 0 Å². The minimum Gasteiger partial charge on any atom is -0.455 e. The van der Waals surface area contributed by atoms with E-state index in [0.717, 1.165) is 15.8 Å². The van der Waals surface area contributed by atoms with Crippen LogP contribution in [0, 0.1) is 0 Å². The van der Waals surface area contributed by atoms with Crippen LogP contribution in [0.1, 0.15) is 5.76 Å². The van der Waals surface area contributed by atoms with Gasteiger partial charge in [-0.3, -0.25) is 0 Å². The number of hydrazone groups is 1. The summed E-state index contributed by atoms with van der Waals surface area (Å²) in [6.45, 7) is 0. The maximum atomic E-state index is 5.68. The van der Waals surface area contributed by atoms with Crippen molar-refractivity contribution in [3.8, 4) is 11.3 Å². The van der Waals surface area contributed by atoms with Crippen LogP contribution in [0.25, 0.3) is 11.3 Å². The number of nitrogens with one attached hydrogen (secondary N) is 1. The Kier molecular flexibility index (Phi) is 3.69. The molecule has 0 bridgehead atoms. The van der Waals surface area contributed by atoms with Crippen LogP contribution in [-0.2, 0) is 0 Å². The summed E-state index contributed by atoms with van der Waals surface area (Å²) in [6.07, 6.45) is 2.91. The van der Waals surface area contributed by atoms with Gasteiger partial charge in [-0.05, 0) is 24.3 Å². The van der Waals surface area contributed by atoms with Crippen molar-refractivity contribution in [1.29, 1.82) is 0 Å². The lowest BCUT2D eigenvalue weighted by atomic mass is 10.2. The molecular weight excluding hydrogens is 336 g/mol. The lowest BCUT2D eigenvalue weighted by Gasteiger charge is -1.97. The minimum absolute atomic E-state index is 0.339. The number of aromatic nitrogens is 3. The number of nitrogen functional groups attached to an aromatic ring is 1. The zero-order valence-electron chi connectivity index (χ0n) is 10.8. The van der Waals surface area contributed by atoms with E-state index in [-0.39, 0.29) is 0 Å². The Morgan fingerprint density at radius 3 is 2.76 bits per heavy atom. The van der Waals surface area contributed by atoms with Crippen LogP contribution >= 0.6 is 15.9 Å². The summed E-state index contributed by atoms with van der Waals surface area (Å²) in [6, 6.07) is 11.6. The number of anilines is 1. The average Bonchev–Trinajstić information content (AvgIpc) is 3.10. The van der Waals surface area contributed by atoms with Crippen LogP contribution in [0.5, 0.6) is 0 Å². The lowest BCUT2D eigenvalue weighted by Crippen LogP contribution is -2.10. The maximum Gasteiger partial charge on any atom is 0.263 e. The molecule has 8 heteroatoms. The van der Waals surface area contributed by atoms with E-state index in [9.17, 15) is 0 Å². The molecule has 0 saturated heterocycles. The van der Waals surface area contributed by atoms with E-state index in [2.05, 4.69) is 36.7 Å².